The summed E-state index contributed by atoms with van der Waals surface area (Å²) >= 11 is 0. The Kier molecular flexibility index (Phi) is 6.49. The molecule has 3 rings (SSSR count). The van der Waals surface area contributed by atoms with Crippen LogP contribution in [0, 0.1) is 5.82 Å². The van der Waals surface area contributed by atoms with E-state index in [2.05, 4.69) is 4.90 Å². The molecule has 1 aromatic carbocycles. The topological polar surface area (TPSA) is 60.4 Å². The van der Waals surface area contributed by atoms with Crippen molar-refractivity contribution in [2.45, 2.75) is 57.5 Å². The van der Waals surface area contributed by atoms with Crippen molar-refractivity contribution in [3.63, 3.8) is 0 Å². The molecular formula is C21H32FNO5. The van der Waals surface area contributed by atoms with Crippen LogP contribution in [0.3, 0.4) is 0 Å². The lowest BCUT2D eigenvalue weighted by Gasteiger charge is -2.46. The molecule has 7 heteroatoms. The van der Waals surface area contributed by atoms with E-state index in [1.807, 2.05) is 26.8 Å². The third kappa shape index (κ3) is 4.43. The fourth-order valence-electron chi connectivity index (χ4n) is 4.14. The minimum atomic E-state index is -0.599. The number of piperidine rings is 1. The first kappa shape index (κ1) is 21.3. The number of halogens is 1. The summed E-state index contributed by atoms with van der Waals surface area (Å²) in [6.07, 6.45) is 0.236. The molecule has 1 saturated heterocycles. The van der Waals surface area contributed by atoms with Crippen LogP contribution in [0.25, 0.3) is 0 Å². The van der Waals surface area contributed by atoms with E-state index in [0.29, 0.717) is 37.3 Å². The molecule has 0 bridgehead atoms. The number of nitrogens with zero attached hydrogens (tertiary/aromatic N) is 1. The van der Waals surface area contributed by atoms with Crippen molar-refractivity contribution in [1.29, 1.82) is 0 Å². The van der Waals surface area contributed by atoms with Crippen LogP contribution in [0.5, 0.6) is 11.5 Å². The highest BCUT2D eigenvalue weighted by molar-refractivity contribution is 5.51. The monoisotopic (exact) mass is 397 g/mol. The Labute approximate surface area is 166 Å². The van der Waals surface area contributed by atoms with Gasteiger partial charge in [-0.3, -0.25) is 4.90 Å². The summed E-state index contributed by atoms with van der Waals surface area (Å²) in [6, 6.07) is 1.80. The molecule has 0 aromatic heterocycles. The van der Waals surface area contributed by atoms with Crippen molar-refractivity contribution in [3.05, 3.63) is 23.0 Å². The minimum absolute atomic E-state index is 0.0602. The van der Waals surface area contributed by atoms with Gasteiger partial charge in [0.05, 0.1) is 31.5 Å². The average molecular weight is 397 g/mol. The van der Waals surface area contributed by atoms with E-state index in [1.165, 1.54) is 7.11 Å². The highest BCUT2D eigenvalue weighted by Gasteiger charge is 2.41. The van der Waals surface area contributed by atoms with Crippen molar-refractivity contribution in [1.82, 2.24) is 4.90 Å². The van der Waals surface area contributed by atoms with Crippen LogP contribution in [0.2, 0.25) is 0 Å². The van der Waals surface area contributed by atoms with Crippen LogP contribution in [0.4, 0.5) is 4.39 Å². The maximum absolute atomic E-state index is 15.2. The van der Waals surface area contributed by atoms with E-state index in [-0.39, 0.29) is 35.9 Å². The third-order valence-corrected chi connectivity index (χ3v) is 5.34. The number of hydrogen-bond acceptors (Lipinski definition) is 6. The molecule has 28 heavy (non-hydrogen) atoms. The van der Waals surface area contributed by atoms with E-state index in [1.54, 1.807) is 7.11 Å². The fourth-order valence-corrected chi connectivity index (χ4v) is 4.14. The summed E-state index contributed by atoms with van der Waals surface area (Å²) < 4.78 is 37.3. The standard InChI is InChI=1S/C21H32FNO5/c1-21(2,3)28-18-12-23-7-6-13-14(15(23)11-16(18)24)10-17(26-5)20(19(13)22)27-9-8-25-4/h10,15-16,18,24H,6-9,11-12H2,1-5H3/t15-,16-,18-/m1/s1. The normalized spacial score (nSPS) is 25.2. The minimum Gasteiger partial charge on any atom is -0.493 e. The summed E-state index contributed by atoms with van der Waals surface area (Å²) in [7, 11) is 3.08. The Hall–Kier alpha value is -1.41. The molecule has 0 unspecified atom stereocenters. The molecule has 3 atom stereocenters. The number of rotatable bonds is 6. The number of benzene rings is 1. The third-order valence-electron chi connectivity index (χ3n) is 5.34. The van der Waals surface area contributed by atoms with E-state index in [9.17, 15) is 5.11 Å². The van der Waals surface area contributed by atoms with Crippen molar-refractivity contribution in [2.24, 2.45) is 0 Å². The second-order valence-electron chi connectivity index (χ2n) is 8.46. The van der Waals surface area contributed by atoms with E-state index in [4.69, 9.17) is 18.9 Å². The number of aliphatic hydroxyl groups is 1. The predicted octanol–water partition coefficient (Wildman–Crippen LogP) is 2.71. The van der Waals surface area contributed by atoms with E-state index < -0.39 is 6.10 Å². The van der Waals surface area contributed by atoms with Gasteiger partial charge in [-0.2, -0.15) is 0 Å². The van der Waals surface area contributed by atoms with Crippen molar-refractivity contribution in [2.75, 3.05) is 40.5 Å². The zero-order chi connectivity index (χ0) is 20.5. The van der Waals surface area contributed by atoms with Gasteiger partial charge in [-0.05, 0) is 50.8 Å². The molecule has 1 aromatic rings. The van der Waals surface area contributed by atoms with Gasteiger partial charge in [-0.15, -0.1) is 0 Å². The first-order chi connectivity index (χ1) is 13.2. The van der Waals surface area contributed by atoms with Crippen LogP contribution < -0.4 is 9.47 Å². The highest BCUT2D eigenvalue weighted by Crippen LogP contribution is 2.44. The van der Waals surface area contributed by atoms with Gasteiger partial charge < -0.3 is 24.1 Å². The number of ether oxygens (including phenoxy) is 4. The van der Waals surface area contributed by atoms with Gasteiger partial charge in [0.15, 0.2) is 17.3 Å². The van der Waals surface area contributed by atoms with Crippen LogP contribution in [-0.2, 0) is 15.9 Å². The molecule has 0 aliphatic carbocycles. The zero-order valence-electron chi connectivity index (χ0n) is 17.5. The summed E-state index contributed by atoms with van der Waals surface area (Å²) in [4.78, 5) is 2.27. The van der Waals surface area contributed by atoms with Gasteiger partial charge in [-0.1, -0.05) is 0 Å². The van der Waals surface area contributed by atoms with Crippen LogP contribution in [-0.4, -0.2) is 68.3 Å². The van der Waals surface area contributed by atoms with Crippen LogP contribution in [0.1, 0.15) is 44.4 Å². The molecular weight excluding hydrogens is 365 g/mol. The number of hydrogen-bond donors (Lipinski definition) is 1. The van der Waals surface area contributed by atoms with Crippen molar-refractivity contribution in [3.8, 4) is 11.5 Å². The predicted molar refractivity (Wildman–Crippen MR) is 104 cm³/mol. The second kappa shape index (κ2) is 8.53. The average Bonchev–Trinajstić information content (AvgIpc) is 2.63. The second-order valence-corrected chi connectivity index (χ2v) is 8.46. The lowest BCUT2D eigenvalue weighted by molar-refractivity contribution is -0.149. The smallest absolute Gasteiger partial charge is 0.197 e. The van der Waals surface area contributed by atoms with Crippen LogP contribution in [0.15, 0.2) is 6.07 Å². The Morgan fingerprint density at radius 3 is 2.64 bits per heavy atom. The van der Waals surface area contributed by atoms with Gasteiger partial charge in [0.1, 0.15) is 6.61 Å². The largest absolute Gasteiger partial charge is 0.493 e. The molecule has 2 heterocycles. The summed E-state index contributed by atoms with van der Waals surface area (Å²) in [5, 5.41) is 10.7. The SMILES string of the molecule is COCCOc1c(OC)cc2c(c1F)CCN1C[C@@H](OC(C)(C)C)[C@H](O)C[C@H]21. The Bertz CT molecular complexity index is 690. The first-order valence-electron chi connectivity index (χ1n) is 9.86. The van der Waals surface area contributed by atoms with Crippen molar-refractivity contribution >= 4 is 0 Å². The summed E-state index contributed by atoms with van der Waals surface area (Å²) in [5.41, 5.74) is 1.19. The number of methoxy groups -OCH3 is 2. The van der Waals surface area contributed by atoms with Gasteiger partial charge in [0.25, 0.3) is 0 Å². The molecule has 0 saturated carbocycles. The van der Waals surface area contributed by atoms with E-state index in [0.717, 1.165) is 12.1 Å². The van der Waals surface area contributed by atoms with Gasteiger partial charge in [0, 0.05) is 26.2 Å². The highest BCUT2D eigenvalue weighted by atomic mass is 19.1. The molecule has 0 radical (unpaired) electrons. The van der Waals surface area contributed by atoms with E-state index >= 15 is 4.39 Å². The number of aliphatic hydroxyl groups excluding tert-OH is 1. The Balaban J connectivity index is 1.86. The maximum Gasteiger partial charge on any atom is 0.197 e. The first-order valence-corrected chi connectivity index (χ1v) is 9.86. The quantitative estimate of drug-likeness (QED) is 0.745. The van der Waals surface area contributed by atoms with Gasteiger partial charge >= 0.3 is 0 Å². The Morgan fingerprint density at radius 2 is 2.00 bits per heavy atom. The Morgan fingerprint density at radius 1 is 1.25 bits per heavy atom. The molecule has 2 aliphatic heterocycles. The summed E-state index contributed by atoms with van der Waals surface area (Å²) in [5.74, 6) is 0.140. The van der Waals surface area contributed by atoms with Crippen molar-refractivity contribution < 1.29 is 28.4 Å². The zero-order valence-corrected chi connectivity index (χ0v) is 17.5. The van der Waals surface area contributed by atoms with Gasteiger partial charge in [-0.25, -0.2) is 4.39 Å². The number of fused-ring (bicyclic) bond motifs is 3. The molecule has 1 fully saturated rings. The molecule has 0 amide bonds. The fraction of sp³-hybridized carbons (Fsp3) is 0.714. The molecule has 158 valence electrons. The molecule has 6 nitrogen and oxygen atoms in total. The molecule has 2 aliphatic rings. The summed E-state index contributed by atoms with van der Waals surface area (Å²) in [6.45, 7) is 7.93. The maximum atomic E-state index is 15.2. The molecule has 1 N–H and O–H groups in total. The lowest BCUT2D eigenvalue weighted by Crippen LogP contribution is -2.53. The van der Waals surface area contributed by atoms with Gasteiger partial charge in [0.2, 0.25) is 0 Å². The molecule has 0 spiro atoms. The van der Waals surface area contributed by atoms with Crippen LogP contribution >= 0.6 is 0 Å². The lowest BCUT2D eigenvalue weighted by atomic mass is 9.84.